The molecule has 4 aliphatic carbocycles. The Labute approximate surface area is 225 Å². The van der Waals surface area contributed by atoms with Gasteiger partial charge in [-0.15, -0.1) is 0 Å². The summed E-state index contributed by atoms with van der Waals surface area (Å²) >= 11 is 0. The average Bonchev–Trinajstić information content (AvgIpc) is 3.26. The zero-order chi connectivity index (χ0) is 26.1. The number of hydrogen-bond donors (Lipinski definition) is 1. The summed E-state index contributed by atoms with van der Waals surface area (Å²) in [6.07, 6.45) is 12.1. The highest BCUT2D eigenvalue weighted by Crippen LogP contribution is 2.60. The monoisotopic (exact) mass is 513 g/mol. The second-order valence-corrected chi connectivity index (χ2v) is 11.6. The maximum absolute atomic E-state index is 13.4. The largest absolute Gasteiger partial charge is 0.493 e. The van der Waals surface area contributed by atoms with Crippen molar-refractivity contribution in [3.63, 3.8) is 0 Å². The molecule has 7 rings (SSSR count). The standard InChI is InChI=1S/C32H39N3O3/c1-3-6-22-9-10-28(29(18-22)37-2)38-14-13-35-27-8-5-4-7-26(27)34-30(35)11-12-33-31(36)32-19-23-15-24(20-32)17-25(16-23)21-32/h3-10,18,23-25H,11-17,19-21H2,1-2H3,(H,33,36)/b6-3+. The van der Waals surface area contributed by atoms with E-state index in [1.807, 2.05) is 55.5 Å². The van der Waals surface area contributed by atoms with Gasteiger partial charge in [0, 0.05) is 18.4 Å². The molecule has 0 spiro atoms. The first kappa shape index (κ1) is 25.0. The Morgan fingerprint density at radius 3 is 2.53 bits per heavy atom. The molecule has 6 nitrogen and oxygen atoms in total. The molecule has 4 aliphatic rings. The first-order valence-corrected chi connectivity index (χ1v) is 14.2. The number of benzene rings is 2. The van der Waals surface area contributed by atoms with Crippen LogP contribution in [0.5, 0.6) is 11.5 Å². The summed E-state index contributed by atoms with van der Waals surface area (Å²) in [6, 6.07) is 14.2. The summed E-state index contributed by atoms with van der Waals surface area (Å²) in [7, 11) is 1.67. The molecule has 1 aromatic heterocycles. The van der Waals surface area contributed by atoms with Crippen molar-refractivity contribution in [2.45, 2.75) is 58.4 Å². The molecule has 0 unspecified atom stereocenters. The van der Waals surface area contributed by atoms with Crippen molar-refractivity contribution in [1.29, 1.82) is 0 Å². The molecular weight excluding hydrogens is 474 g/mol. The average molecular weight is 514 g/mol. The first-order valence-electron chi connectivity index (χ1n) is 14.2. The third kappa shape index (κ3) is 4.81. The van der Waals surface area contributed by atoms with Gasteiger partial charge in [-0.05, 0) is 93.0 Å². The number of imidazole rings is 1. The lowest BCUT2D eigenvalue weighted by Crippen LogP contribution is -2.53. The van der Waals surface area contributed by atoms with Crippen LogP contribution in [0, 0.1) is 23.2 Å². The van der Waals surface area contributed by atoms with Gasteiger partial charge in [0.25, 0.3) is 0 Å². The number of methoxy groups -OCH3 is 1. The lowest BCUT2D eigenvalue weighted by atomic mass is 9.49. The van der Waals surface area contributed by atoms with Crippen molar-refractivity contribution >= 4 is 23.0 Å². The highest BCUT2D eigenvalue weighted by Gasteiger charge is 2.54. The summed E-state index contributed by atoms with van der Waals surface area (Å²) in [5.41, 5.74) is 3.04. The second kappa shape index (κ2) is 10.5. The van der Waals surface area contributed by atoms with Crippen LogP contribution in [0.4, 0.5) is 0 Å². The summed E-state index contributed by atoms with van der Waals surface area (Å²) in [5, 5.41) is 3.33. The van der Waals surface area contributed by atoms with Crippen LogP contribution in [0.3, 0.4) is 0 Å². The van der Waals surface area contributed by atoms with Gasteiger partial charge in [0.1, 0.15) is 12.4 Å². The van der Waals surface area contributed by atoms with Gasteiger partial charge in [-0.25, -0.2) is 4.98 Å². The van der Waals surface area contributed by atoms with Gasteiger partial charge in [0.15, 0.2) is 11.5 Å². The summed E-state index contributed by atoms with van der Waals surface area (Å²) < 4.78 is 13.9. The van der Waals surface area contributed by atoms with Crippen LogP contribution in [-0.4, -0.2) is 35.7 Å². The highest BCUT2D eigenvalue weighted by molar-refractivity contribution is 5.83. The van der Waals surface area contributed by atoms with Crippen LogP contribution in [0.1, 0.15) is 56.8 Å². The van der Waals surface area contributed by atoms with E-state index in [0.29, 0.717) is 26.1 Å². The molecule has 0 saturated heterocycles. The van der Waals surface area contributed by atoms with Crippen LogP contribution in [0.15, 0.2) is 48.5 Å². The van der Waals surface area contributed by atoms with Crippen molar-refractivity contribution in [3.05, 3.63) is 59.9 Å². The van der Waals surface area contributed by atoms with Crippen LogP contribution in [0.25, 0.3) is 17.1 Å². The fourth-order valence-corrected chi connectivity index (χ4v) is 7.78. The molecule has 0 radical (unpaired) electrons. The molecule has 1 heterocycles. The van der Waals surface area contributed by atoms with Crippen LogP contribution < -0.4 is 14.8 Å². The van der Waals surface area contributed by atoms with Crippen LogP contribution >= 0.6 is 0 Å². The molecule has 0 aliphatic heterocycles. The molecule has 1 N–H and O–H groups in total. The lowest BCUT2D eigenvalue weighted by molar-refractivity contribution is -0.146. The molecule has 3 aromatic rings. The van der Waals surface area contributed by atoms with E-state index in [0.717, 1.165) is 70.9 Å². The molecule has 200 valence electrons. The second-order valence-electron chi connectivity index (χ2n) is 11.6. The normalized spacial score (nSPS) is 25.8. The Morgan fingerprint density at radius 2 is 1.82 bits per heavy atom. The SMILES string of the molecule is C/C=C/c1ccc(OCCn2c(CCNC(=O)C34CC5CC(CC(C5)C3)C4)nc3ccccc32)c(OC)c1. The molecule has 2 aromatic carbocycles. The number of amides is 1. The van der Waals surface area contributed by atoms with E-state index in [4.69, 9.17) is 14.5 Å². The number of fused-ring (bicyclic) bond motifs is 1. The minimum absolute atomic E-state index is 0.107. The number of hydrogen-bond acceptors (Lipinski definition) is 4. The quantitative estimate of drug-likeness (QED) is 0.359. The van der Waals surface area contributed by atoms with Gasteiger partial charge in [-0.2, -0.15) is 0 Å². The Balaban J connectivity index is 1.11. The lowest BCUT2D eigenvalue weighted by Gasteiger charge is -2.55. The maximum atomic E-state index is 13.4. The number of allylic oxidation sites excluding steroid dienone is 1. The number of nitrogens with zero attached hydrogens (tertiary/aromatic N) is 2. The van der Waals surface area contributed by atoms with E-state index < -0.39 is 0 Å². The Kier molecular flexibility index (Phi) is 6.89. The van der Waals surface area contributed by atoms with Crippen molar-refractivity contribution in [1.82, 2.24) is 14.9 Å². The zero-order valence-electron chi connectivity index (χ0n) is 22.6. The van der Waals surface area contributed by atoms with E-state index in [-0.39, 0.29) is 11.3 Å². The van der Waals surface area contributed by atoms with E-state index in [1.165, 1.54) is 19.3 Å². The molecule has 1 amide bonds. The topological polar surface area (TPSA) is 65.4 Å². The first-order chi connectivity index (χ1) is 18.6. The summed E-state index contributed by atoms with van der Waals surface area (Å²) in [5.74, 6) is 5.04. The van der Waals surface area contributed by atoms with Crippen LogP contribution in [-0.2, 0) is 17.8 Å². The third-order valence-corrected chi connectivity index (χ3v) is 9.01. The van der Waals surface area contributed by atoms with Crippen molar-refractivity contribution < 1.29 is 14.3 Å². The minimum Gasteiger partial charge on any atom is -0.493 e. The van der Waals surface area contributed by atoms with Gasteiger partial charge in [0.05, 0.1) is 24.7 Å². The number of carbonyl (C=O) groups is 1. The van der Waals surface area contributed by atoms with E-state index >= 15 is 0 Å². The van der Waals surface area contributed by atoms with E-state index in [2.05, 4.69) is 16.0 Å². The van der Waals surface area contributed by atoms with Gasteiger partial charge < -0.3 is 19.4 Å². The number of para-hydroxylation sites is 2. The molecule has 6 heteroatoms. The zero-order valence-corrected chi connectivity index (χ0v) is 22.6. The fraction of sp³-hybridized carbons (Fsp3) is 0.500. The van der Waals surface area contributed by atoms with Crippen molar-refractivity contribution in [2.24, 2.45) is 23.2 Å². The van der Waals surface area contributed by atoms with Crippen LogP contribution in [0.2, 0.25) is 0 Å². The smallest absolute Gasteiger partial charge is 0.226 e. The maximum Gasteiger partial charge on any atom is 0.226 e. The van der Waals surface area contributed by atoms with E-state index in [1.54, 1.807) is 7.11 Å². The Bertz CT molecular complexity index is 1310. The molecule has 4 saturated carbocycles. The van der Waals surface area contributed by atoms with Crippen molar-refractivity contribution in [3.8, 4) is 11.5 Å². The molecule has 4 bridgehead atoms. The predicted molar refractivity (Wildman–Crippen MR) is 150 cm³/mol. The number of carbonyl (C=O) groups excluding carboxylic acids is 1. The van der Waals surface area contributed by atoms with Gasteiger partial charge in [-0.3, -0.25) is 4.79 Å². The number of aromatic nitrogens is 2. The van der Waals surface area contributed by atoms with Crippen molar-refractivity contribution in [2.75, 3.05) is 20.3 Å². The molecular formula is C32H39N3O3. The molecule has 0 atom stereocenters. The fourth-order valence-electron chi connectivity index (χ4n) is 7.78. The third-order valence-electron chi connectivity index (χ3n) is 9.01. The van der Waals surface area contributed by atoms with Gasteiger partial charge in [-0.1, -0.05) is 30.4 Å². The van der Waals surface area contributed by atoms with Gasteiger partial charge in [0.2, 0.25) is 5.91 Å². The number of nitrogens with one attached hydrogen (secondary N) is 1. The number of rotatable bonds is 10. The minimum atomic E-state index is -0.107. The highest BCUT2D eigenvalue weighted by atomic mass is 16.5. The van der Waals surface area contributed by atoms with Gasteiger partial charge >= 0.3 is 0 Å². The predicted octanol–water partition coefficient (Wildman–Crippen LogP) is 6.03. The summed E-state index contributed by atoms with van der Waals surface area (Å²) in [4.78, 5) is 18.3. The van der Waals surface area contributed by atoms with E-state index in [9.17, 15) is 4.79 Å². The Morgan fingerprint density at radius 1 is 1.08 bits per heavy atom. The number of ether oxygens (including phenoxy) is 2. The molecule has 38 heavy (non-hydrogen) atoms. The summed E-state index contributed by atoms with van der Waals surface area (Å²) in [6.45, 7) is 3.77. The Hall–Kier alpha value is -3.28. The molecule has 4 fully saturated rings.